The Balaban J connectivity index is 1.42. The molecular formula is C42H55ClN4O5. The molecule has 1 aliphatic heterocycles. The average Bonchev–Trinajstić information content (AvgIpc) is 3.59. The molecule has 1 aliphatic rings. The van der Waals surface area contributed by atoms with Crippen molar-refractivity contribution in [2.45, 2.75) is 91.4 Å². The fraction of sp³-hybridized carbons (Fsp3) is 0.476. The van der Waals surface area contributed by atoms with Crippen molar-refractivity contribution < 1.29 is 24.2 Å². The highest BCUT2D eigenvalue weighted by atomic mass is 35.5. The summed E-state index contributed by atoms with van der Waals surface area (Å²) in [6.45, 7) is 7.87. The number of amides is 1. The minimum atomic E-state index is -0.515. The topological polar surface area (TPSA) is 112 Å². The second kappa shape index (κ2) is 21.3. The quantitative estimate of drug-likeness (QED) is 0.0460. The summed E-state index contributed by atoms with van der Waals surface area (Å²) in [7, 11) is 0. The third-order valence-corrected chi connectivity index (χ3v) is 9.83. The monoisotopic (exact) mass is 730 g/mol. The number of rotatable bonds is 22. The maximum absolute atomic E-state index is 14.1. The van der Waals surface area contributed by atoms with E-state index in [9.17, 15) is 19.5 Å². The number of unbranched alkanes of at least 4 members (excludes halogenated alkanes) is 9. The molecule has 0 aliphatic carbocycles. The van der Waals surface area contributed by atoms with Gasteiger partial charge >= 0.3 is 5.97 Å². The first-order valence-electron chi connectivity index (χ1n) is 19.0. The van der Waals surface area contributed by atoms with Crippen molar-refractivity contribution in [1.29, 1.82) is 0 Å². The number of aliphatic imine (C=N–C) groups is 1. The summed E-state index contributed by atoms with van der Waals surface area (Å²) >= 11 is 6.48. The molecule has 3 aromatic rings. The number of fused-ring (bicyclic) bond motifs is 1. The maximum atomic E-state index is 14.1. The molecule has 1 heterocycles. The molecule has 52 heavy (non-hydrogen) atoms. The number of Topliss-reactive ketones (excluding diaryl/α,β-unsaturated/α-hetero) is 1. The average molecular weight is 731 g/mol. The number of nitrogens with one attached hydrogen (secondary N) is 1. The summed E-state index contributed by atoms with van der Waals surface area (Å²) in [6, 6.07) is 18.0. The summed E-state index contributed by atoms with van der Waals surface area (Å²) < 4.78 is 5.54. The number of hydrogen-bond donors (Lipinski definition) is 2. The normalized spacial score (nSPS) is 12.5. The highest BCUT2D eigenvalue weighted by Gasteiger charge is 2.31. The van der Waals surface area contributed by atoms with Crippen LogP contribution in [0.3, 0.4) is 0 Å². The first-order chi connectivity index (χ1) is 25.3. The zero-order valence-electron chi connectivity index (χ0n) is 31.1. The Labute approximate surface area is 314 Å². The molecule has 0 saturated heterocycles. The Kier molecular flexibility index (Phi) is 16.7. The Hall–Kier alpha value is -4.21. The lowest BCUT2D eigenvalue weighted by Gasteiger charge is -2.23. The van der Waals surface area contributed by atoms with Crippen LogP contribution in [0.5, 0.6) is 0 Å². The fourth-order valence-electron chi connectivity index (χ4n) is 6.46. The number of hydrogen-bond acceptors (Lipinski definition) is 8. The number of ether oxygens (including phenoxy) is 1. The Morgan fingerprint density at radius 3 is 2.33 bits per heavy atom. The van der Waals surface area contributed by atoms with E-state index in [0.717, 1.165) is 41.8 Å². The van der Waals surface area contributed by atoms with Gasteiger partial charge in [0.25, 0.3) is 5.91 Å². The number of para-hydroxylation sites is 1. The van der Waals surface area contributed by atoms with Crippen LogP contribution in [0.4, 0.5) is 22.7 Å². The van der Waals surface area contributed by atoms with E-state index in [4.69, 9.17) is 16.3 Å². The van der Waals surface area contributed by atoms with Gasteiger partial charge in [-0.25, -0.2) is 9.79 Å². The highest BCUT2D eigenvalue weighted by Crippen LogP contribution is 2.30. The summed E-state index contributed by atoms with van der Waals surface area (Å²) in [5.74, 6) is -1.45. The molecule has 2 N–H and O–H groups in total. The molecule has 9 nitrogen and oxygen atoms in total. The Morgan fingerprint density at radius 1 is 0.923 bits per heavy atom. The van der Waals surface area contributed by atoms with Crippen LogP contribution in [-0.2, 0) is 20.7 Å². The van der Waals surface area contributed by atoms with Gasteiger partial charge in [0.05, 0.1) is 41.7 Å². The molecule has 0 unspecified atom stereocenters. The van der Waals surface area contributed by atoms with Gasteiger partial charge in [0.2, 0.25) is 5.78 Å². The van der Waals surface area contributed by atoms with E-state index >= 15 is 0 Å². The molecule has 4 rings (SSSR count). The van der Waals surface area contributed by atoms with Crippen LogP contribution in [0.15, 0.2) is 65.7 Å². The van der Waals surface area contributed by atoms with Crippen LogP contribution < -0.4 is 15.1 Å². The predicted molar refractivity (Wildman–Crippen MR) is 213 cm³/mol. The zero-order chi connectivity index (χ0) is 37.3. The van der Waals surface area contributed by atoms with E-state index < -0.39 is 17.7 Å². The summed E-state index contributed by atoms with van der Waals surface area (Å²) in [4.78, 5) is 49.1. The number of nitrogens with zero attached hydrogens (tertiary/aromatic N) is 3. The molecule has 0 bridgehead atoms. The second-order valence-electron chi connectivity index (χ2n) is 13.4. The van der Waals surface area contributed by atoms with Gasteiger partial charge < -0.3 is 25.0 Å². The van der Waals surface area contributed by atoms with E-state index in [0.29, 0.717) is 54.6 Å². The van der Waals surface area contributed by atoms with Crippen LogP contribution in [0.2, 0.25) is 5.02 Å². The largest absolute Gasteiger partial charge is 0.462 e. The van der Waals surface area contributed by atoms with Crippen molar-refractivity contribution in [3.63, 3.8) is 0 Å². The van der Waals surface area contributed by atoms with Crippen molar-refractivity contribution in [2.24, 2.45) is 4.99 Å². The zero-order valence-corrected chi connectivity index (χ0v) is 31.9. The van der Waals surface area contributed by atoms with Gasteiger partial charge in [0.1, 0.15) is 0 Å². The van der Waals surface area contributed by atoms with E-state index in [1.54, 1.807) is 29.2 Å². The first-order valence-corrected chi connectivity index (χ1v) is 19.3. The maximum Gasteiger partial charge on any atom is 0.338 e. The number of halogens is 1. The number of esters is 1. The summed E-state index contributed by atoms with van der Waals surface area (Å²) in [6.07, 6.45) is 12.7. The number of carbonyl (C=O) groups excluding carboxylic acids is 3. The van der Waals surface area contributed by atoms with Crippen LogP contribution in [0.1, 0.15) is 99.5 Å². The molecule has 0 aromatic heterocycles. The minimum absolute atomic E-state index is 0.0256. The van der Waals surface area contributed by atoms with Crippen molar-refractivity contribution >= 4 is 57.7 Å². The van der Waals surface area contributed by atoms with Gasteiger partial charge in [-0.05, 0) is 80.3 Å². The fourth-order valence-corrected chi connectivity index (χ4v) is 6.65. The van der Waals surface area contributed by atoms with Gasteiger partial charge in [-0.2, -0.15) is 0 Å². The lowest BCUT2D eigenvalue weighted by atomic mass is 10.1. The third kappa shape index (κ3) is 11.7. The van der Waals surface area contributed by atoms with Crippen molar-refractivity contribution in [3.05, 3.63) is 82.4 Å². The number of aryl methyl sites for hydroxylation is 1. The number of anilines is 3. The number of likely N-dealkylation sites (N-methyl/N-ethyl adjacent to an activating group) is 1. The van der Waals surface area contributed by atoms with Gasteiger partial charge in [-0.15, -0.1) is 0 Å². The minimum Gasteiger partial charge on any atom is -0.462 e. The van der Waals surface area contributed by atoms with Crippen LogP contribution >= 0.6 is 11.6 Å². The lowest BCUT2D eigenvalue weighted by molar-refractivity contribution is -0.115. The van der Waals surface area contributed by atoms with Crippen molar-refractivity contribution in [3.8, 4) is 0 Å². The second-order valence-corrected chi connectivity index (χ2v) is 13.8. The van der Waals surface area contributed by atoms with Crippen molar-refractivity contribution in [2.75, 3.05) is 54.5 Å². The number of aliphatic hydroxyl groups is 1. The molecule has 0 spiro atoms. The van der Waals surface area contributed by atoms with Crippen LogP contribution in [0.25, 0.3) is 0 Å². The molecule has 280 valence electrons. The molecular weight excluding hydrogens is 676 g/mol. The van der Waals surface area contributed by atoms with Gasteiger partial charge in [0, 0.05) is 31.0 Å². The van der Waals surface area contributed by atoms with Crippen molar-refractivity contribution in [1.82, 2.24) is 0 Å². The van der Waals surface area contributed by atoms with E-state index in [-0.39, 0.29) is 18.9 Å². The molecule has 3 aromatic carbocycles. The SMILES string of the molecule is CCCCCCCCCCCCOC(=O)c1ccc(Cl)c(NCC(=O)C(=Nc2ccc(N(CC)CCO)cc2C)C(=O)N2CCc3ccccc32)c1. The van der Waals surface area contributed by atoms with Gasteiger partial charge in [0.15, 0.2) is 5.71 Å². The number of ketones is 1. The molecule has 0 atom stereocenters. The van der Waals surface area contributed by atoms with E-state index in [1.807, 2.05) is 55.1 Å². The number of benzene rings is 3. The van der Waals surface area contributed by atoms with E-state index in [2.05, 4.69) is 17.2 Å². The van der Waals surface area contributed by atoms with Gasteiger partial charge in [-0.3, -0.25) is 9.59 Å². The molecule has 1 amide bonds. The molecule has 0 fully saturated rings. The number of aliphatic hydroxyl groups excluding tert-OH is 1. The Bertz CT molecular complexity index is 1680. The highest BCUT2D eigenvalue weighted by molar-refractivity contribution is 6.68. The standard InChI is InChI=1S/C42H55ClN4O5/c1-4-6-7-8-9-10-11-12-13-16-27-52-42(51)33-19-21-35(43)37(29-33)44-30-39(49)40(41(50)47-24-23-32-17-14-15-18-38(32)47)45-36-22-20-34(28-31(36)3)46(5-2)25-26-48/h14-15,17-22,28-29,44,48H,4-13,16,23-27,30H2,1-3H3. The summed E-state index contributed by atoms with van der Waals surface area (Å²) in [5.41, 5.74) is 4.50. The molecule has 10 heteroatoms. The van der Waals surface area contributed by atoms with Crippen LogP contribution in [-0.4, -0.2) is 67.9 Å². The third-order valence-electron chi connectivity index (χ3n) is 9.50. The lowest BCUT2D eigenvalue weighted by Crippen LogP contribution is -2.41. The molecule has 0 radical (unpaired) electrons. The van der Waals surface area contributed by atoms with Crippen LogP contribution in [0, 0.1) is 6.92 Å². The smallest absolute Gasteiger partial charge is 0.338 e. The molecule has 0 saturated carbocycles. The Morgan fingerprint density at radius 2 is 1.63 bits per heavy atom. The number of carbonyl (C=O) groups is 3. The predicted octanol–water partition coefficient (Wildman–Crippen LogP) is 8.89. The summed E-state index contributed by atoms with van der Waals surface area (Å²) in [5, 5.41) is 12.8. The van der Waals surface area contributed by atoms with Gasteiger partial charge in [-0.1, -0.05) is 94.5 Å². The first kappa shape index (κ1) is 40.6. The van der Waals surface area contributed by atoms with E-state index in [1.165, 1.54) is 44.9 Å².